The van der Waals surface area contributed by atoms with Crippen LogP contribution in [-0.2, 0) is 23.7 Å². The lowest BCUT2D eigenvalue weighted by Crippen LogP contribution is -2.78. The molecule has 9 nitrogen and oxygen atoms in total. The van der Waals surface area contributed by atoms with Gasteiger partial charge in [-0.15, -0.1) is 0 Å². The van der Waals surface area contributed by atoms with Gasteiger partial charge in [-0.1, -0.05) is 50.2 Å². The van der Waals surface area contributed by atoms with E-state index in [1.807, 2.05) is 6.92 Å². The minimum absolute atomic E-state index is 0.158. The molecule has 3 fully saturated rings. The standard InChI is InChI=1S/C31H36O9/c1-17-16-21(33)24(34)30(5)26(39-28(36)20-14-10-7-11-15-20)23(38-27(35)19-12-8-6-9-13-19)22-25(37-18(2)32)31(17,30)40-29(22,3)4/h6-15,17,21-26,33-34H,16H2,1-5H3/t17-,21+,22-,23-,24+,25-,26-,30+,31-/m1/s1. The highest BCUT2D eigenvalue weighted by Crippen LogP contribution is 2.67. The van der Waals surface area contributed by atoms with Crippen LogP contribution in [0.15, 0.2) is 60.7 Å². The van der Waals surface area contributed by atoms with Crippen molar-refractivity contribution >= 4 is 17.9 Å². The van der Waals surface area contributed by atoms with E-state index in [4.69, 9.17) is 18.9 Å². The third-order valence-corrected chi connectivity index (χ3v) is 9.16. The molecule has 1 saturated heterocycles. The maximum absolute atomic E-state index is 13.5. The van der Waals surface area contributed by atoms with Crippen molar-refractivity contribution in [1.29, 1.82) is 0 Å². The van der Waals surface area contributed by atoms with Crippen LogP contribution in [0.1, 0.15) is 61.8 Å². The number of ether oxygens (including phenoxy) is 4. The summed E-state index contributed by atoms with van der Waals surface area (Å²) < 4.78 is 25.1. The van der Waals surface area contributed by atoms with E-state index in [9.17, 15) is 24.6 Å². The number of aliphatic hydroxyl groups is 2. The Morgan fingerprint density at radius 2 is 1.35 bits per heavy atom. The molecule has 2 aromatic carbocycles. The Morgan fingerprint density at radius 1 is 0.825 bits per heavy atom. The number of esters is 3. The second kappa shape index (κ2) is 9.98. The van der Waals surface area contributed by atoms with Crippen LogP contribution in [-0.4, -0.2) is 69.8 Å². The lowest BCUT2D eigenvalue weighted by Gasteiger charge is -2.63. The highest BCUT2D eigenvalue weighted by molar-refractivity contribution is 5.90. The van der Waals surface area contributed by atoms with Crippen LogP contribution < -0.4 is 0 Å². The molecule has 2 aromatic rings. The summed E-state index contributed by atoms with van der Waals surface area (Å²) in [6.07, 6.45) is -5.95. The summed E-state index contributed by atoms with van der Waals surface area (Å²) in [5.74, 6) is -3.14. The van der Waals surface area contributed by atoms with Crippen molar-refractivity contribution in [2.24, 2.45) is 17.3 Å². The molecule has 2 saturated carbocycles. The van der Waals surface area contributed by atoms with Gasteiger partial charge < -0.3 is 29.2 Å². The average Bonchev–Trinajstić information content (AvgIpc) is 3.12. The molecule has 5 rings (SSSR count). The predicted octanol–water partition coefficient (Wildman–Crippen LogP) is 3.31. The molecule has 0 unspecified atom stereocenters. The first-order valence-electron chi connectivity index (χ1n) is 13.6. The van der Waals surface area contributed by atoms with E-state index in [1.54, 1.807) is 81.4 Å². The highest BCUT2D eigenvalue weighted by atomic mass is 16.6. The predicted molar refractivity (Wildman–Crippen MR) is 142 cm³/mol. The van der Waals surface area contributed by atoms with Crippen LogP contribution in [0.25, 0.3) is 0 Å². The summed E-state index contributed by atoms with van der Waals surface area (Å²) in [5.41, 5.74) is -3.44. The molecule has 1 aliphatic heterocycles. The SMILES string of the molecule is CC(=O)O[C@@H]1[C@H]2[C@@H](OC(=O)c3ccccc3)[C@@H](OC(=O)c3ccccc3)[C@]3(C)[C@@H](O)[C@@H](O)C[C@@H](C)[C@@]13OC2(C)C. The van der Waals surface area contributed by atoms with Crippen LogP contribution in [0, 0.1) is 17.3 Å². The van der Waals surface area contributed by atoms with E-state index in [0.717, 1.165) is 0 Å². The minimum Gasteiger partial charge on any atom is -0.459 e. The van der Waals surface area contributed by atoms with Gasteiger partial charge >= 0.3 is 17.9 Å². The third kappa shape index (κ3) is 4.14. The first-order chi connectivity index (χ1) is 18.8. The third-order valence-electron chi connectivity index (χ3n) is 9.16. The van der Waals surface area contributed by atoms with Crippen LogP contribution in [0.2, 0.25) is 0 Å². The second-order valence-electron chi connectivity index (χ2n) is 11.9. The molecule has 0 radical (unpaired) electrons. The Morgan fingerprint density at radius 3 is 1.88 bits per heavy atom. The zero-order valence-corrected chi connectivity index (χ0v) is 23.3. The minimum atomic E-state index is -1.56. The Labute approximate surface area is 233 Å². The maximum atomic E-state index is 13.5. The molecule has 40 heavy (non-hydrogen) atoms. The van der Waals surface area contributed by atoms with Gasteiger partial charge in [0, 0.05) is 6.92 Å². The van der Waals surface area contributed by atoms with Crippen molar-refractivity contribution < 1.29 is 43.5 Å². The van der Waals surface area contributed by atoms with Crippen LogP contribution in [0.3, 0.4) is 0 Å². The highest BCUT2D eigenvalue weighted by Gasteiger charge is 2.82. The number of hydrogen-bond acceptors (Lipinski definition) is 9. The average molecular weight is 553 g/mol. The normalized spacial score (nSPS) is 37.6. The first kappa shape index (κ1) is 28.3. The van der Waals surface area contributed by atoms with Crippen molar-refractivity contribution in [3.05, 3.63) is 71.8 Å². The van der Waals surface area contributed by atoms with Gasteiger partial charge in [0.05, 0.1) is 40.3 Å². The van der Waals surface area contributed by atoms with Gasteiger partial charge in [-0.2, -0.15) is 0 Å². The molecule has 2 bridgehead atoms. The van der Waals surface area contributed by atoms with Gasteiger partial charge in [0.25, 0.3) is 0 Å². The van der Waals surface area contributed by atoms with Crippen LogP contribution in [0.5, 0.6) is 0 Å². The fraction of sp³-hybridized carbons (Fsp3) is 0.516. The van der Waals surface area contributed by atoms with Gasteiger partial charge in [0.2, 0.25) is 0 Å². The lowest BCUT2D eigenvalue weighted by atomic mass is 9.47. The quantitative estimate of drug-likeness (QED) is 0.424. The fourth-order valence-electron chi connectivity index (χ4n) is 7.49. The van der Waals surface area contributed by atoms with E-state index in [-0.39, 0.29) is 17.5 Å². The van der Waals surface area contributed by atoms with Crippen molar-refractivity contribution in [3.8, 4) is 0 Å². The summed E-state index contributed by atoms with van der Waals surface area (Å²) in [5, 5.41) is 22.7. The zero-order valence-electron chi connectivity index (χ0n) is 23.3. The van der Waals surface area contributed by atoms with E-state index >= 15 is 0 Å². The number of hydrogen-bond donors (Lipinski definition) is 2. The number of carbonyl (C=O) groups is 3. The molecular weight excluding hydrogens is 516 g/mol. The van der Waals surface area contributed by atoms with Gasteiger partial charge in [-0.25, -0.2) is 9.59 Å². The summed E-state index contributed by atoms with van der Waals surface area (Å²) >= 11 is 0. The largest absolute Gasteiger partial charge is 0.459 e. The Hall–Kier alpha value is -3.27. The smallest absolute Gasteiger partial charge is 0.338 e. The fourth-order valence-corrected chi connectivity index (χ4v) is 7.49. The van der Waals surface area contributed by atoms with Crippen molar-refractivity contribution in [2.45, 2.75) is 82.8 Å². The van der Waals surface area contributed by atoms with Gasteiger partial charge in [0.1, 0.15) is 17.8 Å². The van der Waals surface area contributed by atoms with Crippen LogP contribution in [0.4, 0.5) is 0 Å². The number of carbonyl (C=O) groups excluding carboxylic acids is 3. The Balaban J connectivity index is 1.71. The molecule has 9 atom stereocenters. The van der Waals surface area contributed by atoms with E-state index < -0.39 is 76.9 Å². The molecule has 1 heterocycles. The number of aliphatic hydroxyl groups excluding tert-OH is 2. The first-order valence-corrected chi connectivity index (χ1v) is 13.6. The molecule has 2 aliphatic carbocycles. The van der Waals surface area contributed by atoms with Crippen molar-refractivity contribution in [3.63, 3.8) is 0 Å². The Kier molecular flexibility index (Phi) is 7.05. The van der Waals surface area contributed by atoms with E-state index in [0.29, 0.717) is 0 Å². The van der Waals surface area contributed by atoms with Crippen LogP contribution >= 0.6 is 0 Å². The molecule has 9 heteroatoms. The van der Waals surface area contributed by atoms with Gasteiger partial charge in [0.15, 0.2) is 6.10 Å². The monoisotopic (exact) mass is 552 g/mol. The zero-order chi connectivity index (χ0) is 29.0. The molecule has 0 aromatic heterocycles. The molecular formula is C31H36O9. The topological polar surface area (TPSA) is 129 Å². The van der Waals surface area contributed by atoms with E-state index in [2.05, 4.69) is 0 Å². The molecule has 214 valence electrons. The maximum Gasteiger partial charge on any atom is 0.338 e. The second-order valence-corrected chi connectivity index (χ2v) is 11.9. The summed E-state index contributed by atoms with van der Waals surface area (Å²) in [6.45, 7) is 8.40. The lowest BCUT2D eigenvalue weighted by molar-refractivity contribution is -0.311. The summed E-state index contributed by atoms with van der Waals surface area (Å²) in [7, 11) is 0. The summed E-state index contributed by atoms with van der Waals surface area (Å²) in [6, 6.07) is 16.7. The van der Waals surface area contributed by atoms with E-state index in [1.165, 1.54) is 6.92 Å². The Bertz CT molecular complexity index is 1280. The number of fused-ring (bicyclic) bond motifs is 1. The van der Waals surface area contributed by atoms with Gasteiger partial charge in [-0.05, 0) is 50.5 Å². The summed E-state index contributed by atoms with van der Waals surface area (Å²) in [4.78, 5) is 39.5. The molecule has 1 spiro atoms. The number of rotatable bonds is 5. The van der Waals surface area contributed by atoms with Crippen molar-refractivity contribution in [2.75, 3.05) is 0 Å². The van der Waals surface area contributed by atoms with Gasteiger partial charge in [-0.3, -0.25) is 4.79 Å². The number of benzene rings is 2. The molecule has 2 N–H and O–H groups in total. The molecule has 3 aliphatic rings. The molecule has 0 amide bonds. The van der Waals surface area contributed by atoms with Crippen molar-refractivity contribution in [1.82, 2.24) is 0 Å².